The Kier molecular flexibility index (Phi) is 5.23. The minimum Gasteiger partial charge on any atom is -0.355 e. The first-order valence-corrected chi connectivity index (χ1v) is 8.18. The van der Waals surface area contributed by atoms with Gasteiger partial charge in [0, 0.05) is 18.2 Å². The monoisotopic (exact) mass is 338 g/mol. The van der Waals surface area contributed by atoms with E-state index in [0.717, 1.165) is 29.5 Å². The van der Waals surface area contributed by atoms with Gasteiger partial charge in [-0.2, -0.15) is 0 Å². The second-order valence-electron chi connectivity index (χ2n) is 5.93. The van der Waals surface area contributed by atoms with Crippen LogP contribution < -0.4 is 5.32 Å². The number of carbonyl (C=O) groups is 1. The fourth-order valence-corrected chi connectivity index (χ4v) is 2.47. The van der Waals surface area contributed by atoms with Gasteiger partial charge in [0.05, 0.1) is 0 Å². The minimum atomic E-state index is -0.263. The molecule has 0 atom stereocenters. The highest BCUT2D eigenvalue weighted by Crippen LogP contribution is 2.20. The molecule has 0 saturated carbocycles. The van der Waals surface area contributed by atoms with Crippen molar-refractivity contribution in [1.29, 1.82) is 0 Å². The summed E-state index contributed by atoms with van der Waals surface area (Å²) in [4.78, 5) is 12.1. The van der Waals surface area contributed by atoms with E-state index in [2.05, 4.69) is 10.5 Å². The van der Waals surface area contributed by atoms with E-state index in [1.165, 1.54) is 12.1 Å². The number of nitrogens with one attached hydrogen (secondary N) is 1. The molecule has 0 bridgehead atoms. The van der Waals surface area contributed by atoms with Gasteiger partial charge in [-0.3, -0.25) is 4.79 Å². The van der Waals surface area contributed by atoms with E-state index in [1.54, 1.807) is 18.2 Å². The Morgan fingerprint density at radius 2 is 1.84 bits per heavy atom. The van der Waals surface area contributed by atoms with Crippen LogP contribution in [0, 0.1) is 12.7 Å². The number of halogens is 1. The van der Waals surface area contributed by atoms with E-state index in [-0.39, 0.29) is 17.4 Å². The van der Waals surface area contributed by atoms with Crippen molar-refractivity contribution in [3.05, 3.63) is 77.2 Å². The lowest BCUT2D eigenvalue weighted by Gasteiger charge is -2.03. The number of amides is 1. The number of hydrogen-bond donors (Lipinski definition) is 1. The second-order valence-corrected chi connectivity index (χ2v) is 5.93. The lowest BCUT2D eigenvalue weighted by atomic mass is 10.1. The third-order valence-corrected chi connectivity index (χ3v) is 3.92. The van der Waals surface area contributed by atoms with Crippen LogP contribution in [0.3, 0.4) is 0 Å². The van der Waals surface area contributed by atoms with E-state index >= 15 is 0 Å². The number of benzene rings is 2. The maximum Gasteiger partial charge on any atom is 0.273 e. The van der Waals surface area contributed by atoms with Crippen molar-refractivity contribution < 1.29 is 13.7 Å². The Morgan fingerprint density at radius 3 is 2.56 bits per heavy atom. The zero-order chi connectivity index (χ0) is 17.6. The highest BCUT2D eigenvalue weighted by Gasteiger charge is 2.13. The normalized spacial score (nSPS) is 10.6. The lowest BCUT2D eigenvalue weighted by Crippen LogP contribution is -2.25. The Balaban J connectivity index is 1.50. The van der Waals surface area contributed by atoms with Crippen LogP contribution in [0.2, 0.25) is 0 Å². The molecule has 0 fully saturated rings. The molecule has 128 valence electrons. The zero-order valence-corrected chi connectivity index (χ0v) is 14.0. The van der Waals surface area contributed by atoms with Crippen molar-refractivity contribution in [2.45, 2.75) is 19.8 Å². The summed E-state index contributed by atoms with van der Waals surface area (Å²) in [5.41, 5.74) is 3.34. The Hall–Kier alpha value is -2.95. The van der Waals surface area contributed by atoms with Crippen LogP contribution in [0.1, 0.15) is 28.0 Å². The summed E-state index contributed by atoms with van der Waals surface area (Å²) < 4.78 is 18.1. The van der Waals surface area contributed by atoms with Crippen molar-refractivity contribution in [3.8, 4) is 11.3 Å². The molecule has 3 rings (SSSR count). The molecular weight excluding hydrogens is 319 g/mol. The van der Waals surface area contributed by atoms with Gasteiger partial charge in [-0.15, -0.1) is 0 Å². The van der Waals surface area contributed by atoms with Gasteiger partial charge in [-0.05, 0) is 37.5 Å². The Labute approximate surface area is 145 Å². The van der Waals surface area contributed by atoms with Gasteiger partial charge in [-0.25, -0.2) is 4.39 Å². The maximum absolute atomic E-state index is 12.8. The van der Waals surface area contributed by atoms with Crippen LogP contribution in [0.4, 0.5) is 4.39 Å². The fourth-order valence-electron chi connectivity index (χ4n) is 2.47. The average molecular weight is 338 g/mol. The topological polar surface area (TPSA) is 55.1 Å². The van der Waals surface area contributed by atoms with Crippen molar-refractivity contribution in [1.82, 2.24) is 10.5 Å². The first-order valence-electron chi connectivity index (χ1n) is 8.18. The summed E-state index contributed by atoms with van der Waals surface area (Å²) in [6.07, 6.45) is 1.54. The molecule has 0 spiro atoms. The summed E-state index contributed by atoms with van der Waals surface area (Å²) >= 11 is 0. The maximum atomic E-state index is 12.8. The van der Waals surface area contributed by atoms with Gasteiger partial charge in [0.25, 0.3) is 5.91 Å². The highest BCUT2D eigenvalue weighted by molar-refractivity contribution is 5.93. The molecule has 1 N–H and O–H groups in total. The molecule has 4 nitrogen and oxygen atoms in total. The summed E-state index contributed by atoms with van der Waals surface area (Å²) in [5.74, 6) is 0.0603. The molecule has 3 aromatic rings. The average Bonchev–Trinajstić information content (AvgIpc) is 3.11. The first kappa shape index (κ1) is 16.9. The van der Waals surface area contributed by atoms with Crippen molar-refractivity contribution in [2.24, 2.45) is 0 Å². The molecule has 0 radical (unpaired) electrons. The molecule has 0 unspecified atom stereocenters. The van der Waals surface area contributed by atoms with Gasteiger partial charge in [-0.1, -0.05) is 47.1 Å². The Morgan fingerprint density at radius 1 is 1.12 bits per heavy atom. The van der Waals surface area contributed by atoms with Gasteiger partial charge in [0.2, 0.25) is 0 Å². The molecule has 0 saturated heterocycles. The van der Waals surface area contributed by atoms with Gasteiger partial charge < -0.3 is 9.84 Å². The van der Waals surface area contributed by atoms with Crippen molar-refractivity contribution >= 4 is 5.91 Å². The van der Waals surface area contributed by atoms with Gasteiger partial charge >= 0.3 is 0 Å². The van der Waals surface area contributed by atoms with E-state index in [9.17, 15) is 9.18 Å². The van der Waals surface area contributed by atoms with Crippen LogP contribution in [0.5, 0.6) is 0 Å². The van der Waals surface area contributed by atoms with Crippen molar-refractivity contribution in [2.75, 3.05) is 6.54 Å². The molecule has 2 aromatic carbocycles. The van der Waals surface area contributed by atoms with Crippen LogP contribution >= 0.6 is 0 Å². The van der Waals surface area contributed by atoms with Gasteiger partial charge in [0.15, 0.2) is 11.5 Å². The molecule has 1 aromatic heterocycles. The molecule has 0 aliphatic rings. The van der Waals surface area contributed by atoms with E-state index in [4.69, 9.17) is 4.52 Å². The molecule has 25 heavy (non-hydrogen) atoms. The molecule has 1 heterocycles. The van der Waals surface area contributed by atoms with E-state index < -0.39 is 0 Å². The lowest BCUT2D eigenvalue weighted by molar-refractivity contribution is 0.0944. The third kappa shape index (κ3) is 4.53. The summed E-state index contributed by atoms with van der Waals surface area (Å²) in [5, 5.41) is 6.65. The number of nitrogens with zero attached hydrogens (tertiary/aromatic N) is 1. The van der Waals surface area contributed by atoms with E-state index in [0.29, 0.717) is 12.3 Å². The SMILES string of the molecule is Cc1ccc(-c2cc(C(=O)NCCCc3ccc(F)cc3)no2)cc1. The molecule has 1 amide bonds. The predicted molar refractivity (Wildman–Crippen MR) is 93.7 cm³/mol. The summed E-state index contributed by atoms with van der Waals surface area (Å²) in [7, 11) is 0. The number of carbonyl (C=O) groups excluding carboxylic acids is 1. The first-order chi connectivity index (χ1) is 12.1. The zero-order valence-electron chi connectivity index (χ0n) is 14.0. The second kappa shape index (κ2) is 7.75. The molecule has 0 aliphatic heterocycles. The molecular formula is C20H19FN2O2. The quantitative estimate of drug-likeness (QED) is 0.687. The molecule has 0 aliphatic carbocycles. The number of rotatable bonds is 6. The van der Waals surface area contributed by atoms with Gasteiger partial charge in [0.1, 0.15) is 5.82 Å². The largest absolute Gasteiger partial charge is 0.355 e. The molecule has 5 heteroatoms. The minimum absolute atomic E-state index is 0.243. The Bertz CT molecular complexity index is 839. The number of aromatic nitrogens is 1. The third-order valence-electron chi connectivity index (χ3n) is 3.92. The standard InChI is InChI=1S/C20H19FN2O2/c1-14-4-8-16(9-5-14)19-13-18(23-25-19)20(24)22-12-2-3-15-6-10-17(21)11-7-15/h4-11,13H,2-3,12H2,1H3,(H,22,24). The smallest absolute Gasteiger partial charge is 0.273 e. The number of aryl methyl sites for hydroxylation is 2. The van der Waals surface area contributed by atoms with E-state index in [1.807, 2.05) is 31.2 Å². The van der Waals surface area contributed by atoms with Crippen molar-refractivity contribution in [3.63, 3.8) is 0 Å². The van der Waals surface area contributed by atoms with Crippen LogP contribution in [0.25, 0.3) is 11.3 Å². The van der Waals surface area contributed by atoms with Crippen LogP contribution in [-0.4, -0.2) is 17.6 Å². The summed E-state index contributed by atoms with van der Waals surface area (Å²) in [6, 6.07) is 15.8. The fraction of sp³-hybridized carbons (Fsp3) is 0.200. The van der Waals surface area contributed by atoms with Crippen LogP contribution in [0.15, 0.2) is 59.1 Å². The summed E-state index contributed by atoms with van der Waals surface area (Å²) in [6.45, 7) is 2.53. The van der Waals surface area contributed by atoms with Crippen LogP contribution in [-0.2, 0) is 6.42 Å². The number of hydrogen-bond acceptors (Lipinski definition) is 3. The highest BCUT2D eigenvalue weighted by atomic mass is 19.1. The predicted octanol–water partition coefficient (Wildman–Crippen LogP) is 4.15.